The van der Waals surface area contributed by atoms with Gasteiger partial charge in [0.1, 0.15) is 0 Å². The number of halogens is 3. The molecule has 138 valence electrons. The van der Waals surface area contributed by atoms with Crippen LogP contribution in [0.2, 0.25) is 0 Å². The molecule has 5 heteroatoms. The number of nitrogens with zero attached hydrogens (tertiary/aromatic N) is 1. The molecule has 0 saturated carbocycles. The highest BCUT2D eigenvalue weighted by molar-refractivity contribution is 5.99. The van der Waals surface area contributed by atoms with Gasteiger partial charge in [-0.05, 0) is 53.6 Å². The van der Waals surface area contributed by atoms with Crippen molar-refractivity contribution in [2.45, 2.75) is 51.1 Å². The zero-order valence-electron chi connectivity index (χ0n) is 14.9. The fourth-order valence-electron chi connectivity index (χ4n) is 4.18. The lowest BCUT2D eigenvalue weighted by Gasteiger charge is -2.33. The molecule has 1 aliphatic carbocycles. The second kappa shape index (κ2) is 6.78. The number of hydrogen-bond acceptors (Lipinski definition) is 2. The maximum Gasteiger partial charge on any atom is 0.389 e. The van der Waals surface area contributed by atoms with Crippen LogP contribution in [0.5, 0.6) is 0 Å². The van der Waals surface area contributed by atoms with E-state index in [1.165, 1.54) is 0 Å². The average molecular weight is 361 g/mol. The first-order valence-corrected chi connectivity index (χ1v) is 8.82. The summed E-state index contributed by atoms with van der Waals surface area (Å²) in [5.41, 5.74) is 4.37. The third-order valence-corrected chi connectivity index (χ3v) is 5.35. The Balaban J connectivity index is 2.22. The van der Waals surface area contributed by atoms with Gasteiger partial charge in [-0.1, -0.05) is 54.9 Å². The molecule has 0 aliphatic heterocycles. The molecule has 0 amide bonds. The van der Waals surface area contributed by atoms with Crippen molar-refractivity contribution in [1.29, 1.82) is 0 Å². The van der Waals surface area contributed by atoms with Gasteiger partial charge in [-0.3, -0.25) is 0 Å². The van der Waals surface area contributed by atoms with Gasteiger partial charge in [0.05, 0.1) is 5.71 Å². The third kappa shape index (κ3) is 3.11. The predicted molar refractivity (Wildman–Crippen MR) is 96.9 cm³/mol. The van der Waals surface area contributed by atoms with Crippen LogP contribution in [0.1, 0.15) is 56.2 Å². The quantitative estimate of drug-likeness (QED) is 0.379. The van der Waals surface area contributed by atoms with Crippen molar-refractivity contribution in [3.05, 3.63) is 59.2 Å². The van der Waals surface area contributed by atoms with Crippen molar-refractivity contribution in [2.24, 2.45) is 5.16 Å². The van der Waals surface area contributed by atoms with E-state index in [9.17, 15) is 13.2 Å². The van der Waals surface area contributed by atoms with Crippen LogP contribution < -0.4 is 0 Å². The normalized spacial score (nSPS) is 19.3. The van der Waals surface area contributed by atoms with Crippen LogP contribution in [0.15, 0.2) is 47.6 Å². The highest BCUT2D eigenvalue weighted by Crippen LogP contribution is 2.54. The first-order chi connectivity index (χ1) is 12.3. The molecule has 0 heterocycles. The summed E-state index contributed by atoms with van der Waals surface area (Å²) in [6, 6.07) is 13.4. The summed E-state index contributed by atoms with van der Waals surface area (Å²) in [6.45, 7) is 3.68. The number of rotatable bonds is 5. The molecule has 2 aromatic rings. The number of alkyl halides is 3. The van der Waals surface area contributed by atoms with Gasteiger partial charge in [0.15, 0.2) is 0 Å². The molecule has 2 nitrogen and oxygen atoms in total. The van der Waals surface area contributed by atoms with E-state index < -0.39 is 18.0 Å². The van der Waals surface area contributed by atoms with Crippen LogP contribution in [-0.2, 0) is 5.41 Å². The second-order valence-corrected chi connectivity index (χ2v) is 6.94. The van der Waals surface area contributed by atoms with Gasteiger partial charge < -0.3 is 5.21 Å². The van der Waals surface area contributed by atoms with Crippen molar-refractivity contribution < 1.29 is 18.4 Å². The highest BCUT2D eigenvalue weighted by Gasteiger charge is 2.44. The zero-order chi connectivity index (χ0) is 18.9. The van der Waals surface area contributed by atoms with E-state index in [4.69, 9.17) is 5.21 Å². The Morgan fingerprint density at radius 1 is 1.04 bits per heavy atom. The molecule has 0 bridgehead atoms. The summed E-state index contributed by atoms with van der Waals surface area (Å²) in [5, 5.41) is 12.3. The molecule has 2 aromatic carbocycles. The molecule has 1 aliphatic rings. The lowest BCUT2D eigenvalue weighted by atomic mass is 9.71. The average Bonchev–Trinajstić information content (AvgIpc) is 2.89. The molecule has 0 fully saturated rings. The first kappa shape index (κ1) is 18.5. The minimum absolute atomic E-state index is 0.0210. The number of hydrogen-bond donors (Lipinski definition) is 1. The smallest absolute Gasteiger partial charge is 0.389 e. The molecule has 1 unspecified atom stereocenters. The molecule has 0 spiro atoms. The van der Waals surface area contributed by atoms with E-state index >= 15 is 0 Å². The molecule has 0 radical (unpaired) electrons. The summed E-state index contributed by atoms with van der Waals surface area (Å²) in [4.78, 5) is 0. The minimum atomic E-state index is -4.20. The van der Waals surface area contributed by atoms with Crippen molar-refractivity contribution >= 4 is 5.71 Å². The molecule has 0 saturated heterocycles. The standard InChI is InChI=1S/C21H22F3NO/c1-3-10-20(11-12-21(22,23)24)18-7-5-4-6-16(18)17-9-8-15(13-19(17)20)14(2)25-26/h4-9,13,26H,3,10-12H2,1-2H3/b25-14+. The zero-order valence-corrected chi connectivity index (χ0v) is 14.9. The van der Waals surface area contributed by atoms with Gasteiger partial charge in [-0.25, -0.2) is 0 Å². The van der Waals surface area contributed by atoms with E-state index in [0.29, 0.717) is 12.1 Å². The van der Waals surface area contributed by atoms with Gasteiger partial charge in [0, 0.05) is 11.8 Å². The first-order valence-electron chi connectivity index (χ1n) is 8.82. The summed E-state index contributed by atoms with van der Waals surface area (Å²) < 4.78 is 39.2. The fourth-order valence-corrected chi connectivity index (χ4v) is 4.18. The van der Waals surface area contributed by atoms with Crippen LogP contribution in [0, 0.1) is 0 Å². The number of fused-ring (bicyclic) bond motifs is 3. The van der Waals surface area contributed by atoms with Crippen molar-refractivity contribution in [3.63, 3.8) is 0 Å². The molecule has 1 N–H and O–H groups in total. The molecule has 3 rings (SSSR count). The van der Waals surface area contributed by atoms with Gasteiger partial charge in [-0.15, -0.1) is 0 Å². The van der Waals surface area contributed by atoms with E-state index in [2.05, 4.69) is 5.16 Å². The summed E-state index contributed by atoms with van der Waals surface area (Å²) >= 11 is 0. The Hall–Kier alpha value is -2.30. The van der Waals surface area contributed by atoms with Gasteiger partial charge >= 0.3 is 6.18 Å². The van der Waals surface area contributed by atoms with Gasteiger partial charge in [0.2, 0.25) is 0 Å². The molecular weight excluding hydrogens is 339 g/mol. The SMILES string of the molecule is CCCC1(CCC(F)(F)F)c2ccccc2-c2ccc(/C(C)=N/O)cc21. The lowest BCUT2D eigenvalue weighted by Crippen LogP contribution is -2.28. The Labute approximate surface area is 151 Å². The van der Waals surface area contributed by atoms with Crippen LogP contribution in [0.4, 0.5) is 13.2 Å². The van der Waals surface area contributed by atoms with Crippen molar-refractivity contribution in [1.82, 2.24) is 0 Å². The fraction of sp³-hybridized carbons (Fsp3) is 0.381. The predicted octanol–water partition coefficient (Wildman–Crippen LogP) is 6.29. The summed E-state index contributed by atoms with van der Waals surface area (Å²) in [7, 11) is 0. The van der Waals surface area contributed by atoms with E-state index in [-0.39, 0.29) is 6.42 Å². The Bertz CT molecular complexity index is 841. The Kier molecular flexibility index (Phi) is 4.82. The van der Waals surface area contributed by atoms with E-state index in [1.54, 1.807) is 6.92 Å². The largest absolute Gasteiger partial charge is 0.411 e. The number of benzene rings is 2. The van der Waals surface area contributed by atoms with Crippen LogP contribution in [0.25, 0.3) is 11.1 Å². The van der Waals surface area contributed by atoms with Crippen molar-refractivity contribution in [3.8, 4) is 11.1 Å². The molecule has 1 atom stereocenters. The van der Waals surface area contributed by atoms with Gasteiger partial charge in [-0.2, -0.15) is 13.2 Å². The highest BCUT2D eigenvalue weighted by atomic mass is 19.4. The van der Waals surface area contributed by atoms with Crippen LogP contribution in [-0.4, -0.2) is 17.1 Å². The Morgan fingerprint density at radius 2 is 1.73 bits per heavy atom. The van der Waals surface area contributed by atoms with Gasteiger partial charge in [0.25, 0.3) is 0 Å². The third-order valence-electron chi connectivity index (χ3n) is 5.35. The van der Waals surface area contributed by atoms with Crippen LogP contribution in [0.3, 0.4) is 0 Å². The number of oxime groups is 1. The molecule has 0 aromatic heterocycles. The molecular formula is C21H22F3NO. The van der Waals surface area contributed by atoms with E-state index in [1.807, 2.05) is 49.4 Å². The minimum Gasteiger partial charge on any atom is -0.411 e. The van der Waals surface area contributed by atoms with E-state index in [0.717, 1.165) is 34.2 Å². The summed E-state index contributed by atoms with van der Waals surface area (Å²) in [5.74, 6) is 0. The monoisotopic (exact) mass is 361 g/mol. The lowest BCUT2D eigenvalue weighted by molar-refractivity contribution is -0.137. The Morgan fingerprint density at radius 3 is 2.38 bits per heavy atom. The van der Waals surface area contributed by atoms with Crippen LogP contribution >= 0.6 is 0 Å². The maximum absolute atomic E-state index is 13.1. The van der Waals surface area contributed by atoms with Crippen molar-refractivity contribution in [2.75, 3.05) is 0 Å². The second-order valence-electron chi connectivity index (χ2n) is 6.94. The molecule has 26 heavy (non-hydrogen) atoms. The maximum atomic E-state index is 13.1. The topological polar surface area (TPSA) is 32.6 Å². The summed E-state index contributed by atoms with van der Waals surface area (Å²) in [6.07, 6.45) is -3.57.